The molecule has 0 amide bonds. The highest BCUT2D eigenvalue weighted by Crippen LogP contribution is 2.41. The van der Waals surface area contributed by atoms with Crippen LogP contribution in [0.1, 0.15) is 39.4 Å². The van der Waals surface area contributed by atoms with Crippen LogP contribution in [0.3, 0.4) is 0 Å². The molecule has 26 heavy (non-hydrogen) atoms. The molecule has 0 aromatic heterocycles. The molecule has 0 spiro atoms. The van der Waals surface area contributed by atoms with Crippen LogP contribution in [0.4, 0.5) is 0 Å². The fourth-order valence-corrected chi connectivity index (χ4v) is 3.43. The summed E-state index contributed by atoms with van der Waals surface area (Å²) in [6.45, 7) is 0.922. The summed E-state index contributed by atoms with van der Waals surface area (Å²) in [5, 5.41) is 3.64. The maximum absolute atomic E-state index is 12.3. The van der Waals surface area contributed by atoms with Gasteiger partial charge in [0.15, 0.2) is 5.78 Å². The molecule has 130 valence electrons. The Balaban J connectivity index is 1.30. The number of hydrogen-bond acceptors (Lipinski definition) is 2. The smallest absolute Gasteiger partial charge is 0.167 e. The molecule has 0 saturated heterocycles. The van der Waals surface area contributed by atoms with Crippen molar-refractivity contribution in [1.29, 1.82) is 0 Å². The van der Waals surface area contributed by atoms with Crippen molar-refractivity contribution in [2.45, 2.75) is 31.3 Å². The lowest BCUT2D eigenvalue weighted by molar-refractivity contribution is 0.0993. The van der Waals surface area contributed by atoms with E-state index in [9.17, 15) is 4.79 Å². The standard InChI is InChI=1S/C24H23NO/c26-24(21-9-5-2-6-10-21)15-18-11-13-20(14-12-18)22-16-23(22)25-17-19-7-3-1-4-8-19/h1-14,22-23,25H,15-17H2. The first-order valence-corrected chi connectivity index (χ1v) is 9.24. The second-order valence-electron chi connectivity index (χ2n) is 7.02. The second kappa shape index (κ2) is 7.67. The Labute approximate surface area is 154 Å². The fraction of sp³-hybridized carbons (Fsp3) is 0.208. The third kappa shape index (κ3) is 4.09. The molecule has 3 aromatic rings. The number of ketones is 1. The van der Waals surface area contributed by atoms with Gasteiger partial charge in [-0.25, -0.2) is 0 Å². The normalized spacial score (nSPS) is 18.5. The largest absolute Gasteiger partial charge is 0.309 e. The van der Waals surface area contributed by atoms with Crippen molar-refractivity contribution in [2.24, 2.45) is 0 Å². The van der Waals surface area contributed by atoms with Crippen LogP contribution in [-0.4, -0.2) is 11.8 Å². The lowest BCUT2D eigenvalue weighted by Gasteiger charge is -2.06. The predicted octanol–water partition coefficient (Wildman–Crippen LogP) is 4.76. The van der Waals surface area contributed by atoms with Gasteiger partial charge in [-0.3, -0.25) is 4.79 Å². The van der Waals surface area contributed by atoms with Crippen molar-refractivity contribution in [1.82, 2.24) is 5.32 Å². The van der Waals surface area contributed by atoms with Gasteiger partial charge in [-0.15, -0.1) is 0 Å². The third-order valence-corrected chi connectivity index (χ3v) is 5.07. The molecule has 2 heteroatoms. The van der Waals surface area contributed by atoms with Crippen molar-refractivity contribution in [3.8, 4) is 0 Å². The van der Waals surface area contributed by atoms with E-state index in [4.69, 9.17) is 0 Å². The van der Waals surface area contributed by atoms with Crippen LogP contribution in [0.25, 0.3) is 0 Å². The van der Waals surface area contributed by atoms with E-state index in [0.717, 1.165) is 17.7 Å². The van der Waals surface area contributed by atoms with Gasteiger partial charge in [0.1, 0.15) is 0 Å². The molecule has 2 atom stereocenters. The number of carbonyl (C=O) groups is 1. The van der Waals surface area contributed by atoms with E-state index < -0.39 is 0 Å². The molecule has 1 N–H and O–H groups in total. The maximum Gasteiger partial charge on any atom is 0.167 e. The van der Waals surface area contributed by atoms with Crippen LogP contribution < -0.4 is 5.32 Å². The molecular formula is C24H23NO. The zero-order chi connectivity index (χ0) is 17.8. The molecule has 1 saturated carbocycles. The highest BCUT2D eigenvalue weighted by atomic mass is 16.1. The summed E-state index contributed by atoms with van der Waals surface area (Å²) in [6.07, 6.45) is 1.65. The van der Waals surface area contributed by atoms with Gasteiger partial charge in [-0.1, -0.05) is 84.9 Å². The van der Waals surface area contributed by atoms with Gasteiger partial charge in [-0.05, 0) is 23.1 Å². The molecule has 1 aliphatic carbocycles. The van der Waals surface area contributed by atoms with Gasteiger partial charge in [0.2, 0.25) is 0 Å². The quantitative estimate of drug-likeness (QED) is 0.628. The maximum atomic E-state index is 12.3. The molecule has 2 nitrogen and oxygen atoms in total. The minimum atomic E-state index is 0.173. The first-order valence-electron chi connectivity index (χ1n) is 9.24. The third-order valence-electron chi connectivity index (χ3n) is 5.07. The molecule has 2 unspecified atom stereocenters. The SMILES string of the molecule is O=C(Cc1ccc(C2CC2NCc2ccccc2)cc1)c1ccccc1. The molecule has 0 radical (unpaired) electrons. The predicted molar refractivity (Wildman–Crippen MR) is 105 cm³/mol. The zero-order valence-electron chi connectivity index (χ0n) is 14.8. The molecule has 3 aromatic carbocycles. The minimum Gasteiger partial charge on any atom is -0.309 e. The lowest BCUT2D eigenvalue weighted by atomic mass is 10.0. The van der Waals surface area contributed by atoms with Crippen LogP contribution >= 0.6 is 0 Å². The van der Waals surface area contributed by atoms with Crippen molar-refractivity contribution in [3.05, 3.63) is 107 Å². The summed E-state index contributed by atoms with van der Waals surface area (Å²) in [5.74, 6) is 0.768. The van der Waals surface area contributed by atoms with Crippen LogP contribution in [-0.2, 0) is 13.0 Å². The molecule has 0 bridgehead atoms. The van der Waals surface area contributed by atoms with Crippen molar-refractivity contribution >= 4 is 5.78 Å². The number of hydrogen-bond donors (Lipinski definition) is 1. The van der Waals surface area contributed by atoms with Crippen LogP contribution in [0.15, 0.2) is 84.9 Å². The molecular weight excluding hydrogens is 318 g/mol. The average Bonchev–Trinajstić information content (AvgIpc) is 3.48. The lowest BCUT2D eigenvalue weighted by Crippen LogP contribution is -2.17. The molecule has 1 aliphatic rings. The van der Waals surface area contributed by atoms with E-state index >= 15 is 0 Å². The van der Waals surface area contributed by atoms with Gasteiger partial charge < -0.3 is 5.32 Å². The number of nitrogens with one attached hydrogen (secondary N) is 1. The van der Waals surface area contributed by atoms with E-state index in [1.54, 1.807) is 0 Å². The van der Waals surface area contributed by atoms with Crippen LogP contribution in [0, 0.1) is 0 Å². The van der Waals surface area contributed by atoms with E-state index in [1.165, 1.54) is 17.5 Å². The number of rotatable bonds is 7. The summed E-state index contributed by atoms with van der Waals surface area (Å²) >= 11 is 0. The number of benzene rings is 3. The number of carbonyl (C=O) groups excluding carboxylic acids is 1. The minimum absolute atomic E-state index is 0.173. The highest BCUT2D eigenvalue weighted by molar-refractivity contribution is 5.97. The van der Waals surface area contributed by atoms with Gasteiger partial charge in [0, 0.05) is 30.5 Å². The van der Waals surface area contributed by atoms with Gasteiger partial charge >= 0.3 is 0 Å². The zero-order valence-corrected chi connectivity index (χ0v) is 14.8. The fourth-order valence-electron chi connectivity index (χ4n) is 3.43. The highest BCUT2D eigenvalue weighted by Gasteiger charge is 2.37. The monoisotopic (exact) mass is 341 g/mol. The van der Waals surface area contributed by atoms with Gasteiger partial charge in [0.25, 0.3) is 0 Å². The van der Waals surface area contributed by atoms with Crippen LogP contribution in [0.2, 0.25) is 0 Å². The Morgan fingerprint density at radius 3 is 2.15 bits per heavy atom. The molecule has 0 heterocycles. The summed E-state index contributed by atoms with van der Waals surface area (Å²) in [6, 6.07) is 29.2. The Kier molecular flexibility index (Phi) is 4.94. The molecule has 4 rings (SSSR count). The Morgan fingerprint density at radius 1 is 0.808 bits per heavy atom. The molecule has 1 fully saturated rings. The summed E-state index contributed by atoms with van der Waals surface area (Å²) in [4.78, 5) is 12.3. The van der Waals surface area contributed by atoms with Crippen LogP contribution in [0.5, 0.6) is 0 Å². The van der Waals surface area contributed by atoms with E-state index in [-0.39, 0.29) is 5.78 Å². The Morgan fingerprint density at radius 2 is 1.46 bits per heavy atom. The van der Waals surface area contributed by atoms with Crippen molar-refractivity contribution in [2.75, 3.05) is 0 Å². The Bertz CT molecular complexity index is 856. The summed E-state index contributed by atoms with van der Waals surface area (Å²) in [7, 11) is 0. The van der Waals surface area contributed by atoms with Crippen molar-refractivity contribution < 1.29 is 4.79 Å². The van der Waals surface area contributed by atoms with E-state index in [0.29, 0.717) is 18.4 Å². The number of Topliss-reactive ketones (excluding diaryl/α,β-unsaturated/α-hetero) is 1. The first kappa shape index (κ1) is 16.7. The average molecular weight is 341 g/mol. The van der Waals surface area contributed by atoms with E-state index in [2.05, 4.69) is 53.8 Å². The van der Waals surface area contributed by atoms with E-state index in [1.807, 2.05) is 36.4 Å². The second-order valence-corrected chi connectivity index (χ2v) is 7.02. The summed E-state index contributed by atoms with van der Waals surface area (Å²) < 4.78 is 0. The van der Waals surface area contributed by atoms with Gasteiger partial charge in [-0.2, -0.15) is 0 Å². The Hall–Kier alpha value is -2.71. The molecule has 0 aliphatic heterocycles. The van der Waals surface area contributed by atoms with Gasteiger partial charge in [0.05, 0.1) is 0 Å². The van der Waals surface area contributed by atoms with Crippen molar-refractivity contribution in [3.63, 3.8) is 0 Å². The summed E-state index contributed by atoms with van der Waals surface area (Å²) in [5.41, 5.74) is 4.56. The first-order chi connectivity index (χ1) is 12.8. The topological polar surface area (TPSA) is 29.1 Å².